The van der Waals surface area contributed by atoms with E-state index in [4.69, 9.17) is 10.5 Å². The lowest BCUT2D eigenvalue weighted by molar-refractivity contribution is -0.123. The number of ether oxygens (including phenoxy) is 1. The molecule has 21 heavy (non-hydrogen) atoms. The van der Waals surface area contributed by atoms with E-state index in [1.807, 2.05) is 0 Å². The average Bonchev–Trinajstić information content (AvgIpc) is 3.30. The van der Waals surface area contributed by atoms with Crippen molar-refractivity contribution in [1.82, 2.24) is 9.80 Å². The van der Waals surface area contributed by atoms with Crippen molar-refractivity contribution < 1.29 is 4.74 Å². The van der Waals surface area contributed by atoms with Gasteiger partial charge in [0.2, 0.25) is 0 Å². The molecule has 4 heteroatoms. The predicted octanol–water partition coefficient (Wildman–Crippen LogP) is 1.58. The standard InChI is InChI=1S/C17H31N3O/c1-13-10-17(11-18,12-19(13)14-6-7-14)20-8-9-21-16-5-3-2-4-15(16)20/h13-16H,2-12,18H2,1H3. The van der Waals surface area contributed by atoms with Gasteiger partial charge in [0.05, 0.1) is 12.7 Å². The topological polar surface area (TPSA) is 41.7 Å². The maximum absolute atomic E-state index is 6.36. The molecule has 4 aliphatic rings. The van der Waals surface area contributed by atoms with Crippen molar-refractivity contribution in [3.05, 3.63) is 0 Å². The van der Waals surface area contributed by atoms with Crippen molar-refractivity contribution in [1.29, 1.82) is 0 Å². The number of nitrogens with two attached hydrogens (primary N) is 1. The molecule has 2 aliphatic heterocycles. The number of hydrogen-bond donors (Lipinski definition) is 1. The van der Waals surface area contributed by atoms with E-state index in [0.717, 1.165) is 25.7 Å². The zero-order valence-electron chi connectivity index (χ0n) is 13.5. The fourth-order valence-electron chi connectivity index (χ4n) is 5.28. The van der Waals surface area contributed by atoms with Crippen LogP contribution >= 0.6 is 0 Å². The second-order valence-electron chi connectivity index (χ2n) is 7.84. The Kier molecular flexibility index (Phi) is 3.77. The summed E-state index contributed by atoms with van der Waals surface area (Å²) in [5, 5.41) is 0. The summed E-state index contributed by atoms with van der Waals surface area (Å²) in [6.07, 6.45) is 9.80. The summed E-state index contributed by atoms with van der Waals surface area (Å²) in [5.74, 6) is 0. The van der Waals surface area contributed by atoms with Gasteiger partial charge >= 0.3 is 0 Å². The summed E-state index contributed by atoms with van der Waals surface area (Å²) >= 11 is 0. The van der Waals surface area contributed by atoms with Gasteiger partial charge in [-0.15, -0.1) is 0 Å². The maximum atomic E-state index is 6.36. The first kappa shape index (κ1) is 14.4. The minimum absolute atomic E-state index is 0.214. The largest absolute Gasteiger partial charge is 0.375 e. The summed E-state index contributed by atoms with van der Waals surface area (Å²) < 4.78 is 6.08. The first-order valence-corrected chi connectivity index (χ1v) is 9.08. The van der Waals surface area contributed by atoms with E-state index in [-0.39, 0.29) is 5.54 Å². The number of nitrogens with zero attached hydrogens (tertiary/aromatic N) is 2. The summed E-state index contributed by atoms with van der Waals surface area (Å²) in [4.78, 5) is 5.54. The molecule has 2 saturated heterocycles. The van der Waals surface area contributed by atoms with E-state index in [2.05, 4.69) is 16.7 Å². The molecule has 0 aromatic carbocycles. The molecule has 0 amide bonds. The van der Waals surface area contributed by atoms with Gasteiger partial charge in [0.25, 0.3) is 0 Å². The van der Waals surface area contributed by atoms with Crippen LogP contribution in [-0.2, 0) is 4.74 Å². The van der Waals surface area contributed by atoms with E-state index in [0.29, 0.717) is 18.2 Å². The maximum Gasteiger partial charge on any atom is 0.0731 e. The zero-order chi connectivity index (χ0) is 14.4. The molecule has 4 rings (SSSR count). The van der Waals surface area contributed by atoms with Crippen molar-refractivity contribution in [2.24, 2.45) is 5.73 Å². The monoisotopic (exact) mass is 293 g/mol. The Hall–Kier alpha value is -0.160. The quantitative estimate of drug-likeness (QED) is 0.858. The summed E-state index contributed by atoms with van der Waals surface area (Å²) in [7, 11) is 0. The van der Waals surface area contributed by atoms with E-state index in [1.165, 1.54) is 51.5 Å². The Morgan fingerprint density at radius 1 is 1.19 bits per heavy atom. The van der Waals surface area contributed by atoms with E-state index >= 15 is 0 Å². The van der Waals surface area contributed by atoms with Crippen LogP contribution in [0.1, 0.15) is 51.9 Å². The Morgan fingerprint density at radius 2 is 2.00 bits per heavy atom. The third-order valence-electron chi connectivity index (χ3n) is 6.46. The molecule has 0 bridgehead atoms. The molecule has 120 valence electrons. The summed E-state index contributed by atoms with van der Waals surface area (Å²) in [5.41, 5.74) is 6.57. The number of fused-ring (bicyclic) bond motifs is 1. The Morgan fingerprint density at radius 3 is 2.76 bits per heavy atom. The van der Waals surface area contributed by atoms with Gasteiger partial charge in [-0.25, -0.2) is 0 Å². The molecule has 2 heterocycles. The molecular formula is C17H31N3O. The van der Waals surface area contributed by atoms with Crippen LogP contribution in [0.5, 0.6) is 0 Å². The van der Waals surface area contributed by atoms with E-state index in [9.17, 15) is 0 Å². The highest BCUT2D eigenvalue weighted by Gasteiger charge is 2.52. The van der Waals surface area contributed by atoms with Crippen LogP contribution in [0.3, 0.4) is 0 Å². The highest BCUT2D eigenvalue weighted by Crippen LogP contribution is 2.42. The second kappa shape index (κ2) is 5.48. The van der Waals surface area contributed by atoms with Crippen LogP contribution in [0.25, 0.3) is 0 Å². The molecule has 0 aromatic rings. The lowest BCUT2D eigenvalue weighted by atomic mass is 9.84. The first-order chi connectivity index (χ1) is 10.2. The van der Waals surface area contributed by atoms with Crippen molar-refractivity contribution in [2.75, 3.05) is 26.2 Å². The second-order valence-corrected chi connectivity index (χ2v) is 7.84. The van der Waals surface area contributed by atoms with Gasteiger partial charge in [-0.05, 0) is 39.0 Å². The third-order valence-corrected chi connectivity index (χ3v) is 6.46. The first-order valence-electron chi connectivity index (χ1n) is 9.08. The number of morpholine rings is 1. The molecule has 0 spiro atoms. The van der Waals surface area contributed by atoms with Crippen molar-refractivity contribution in [3.63, 3.8) is 0 Å². The predicted molar refractivity (Wildman–Crippen MR) is 84.3 cm³/mol. The van der Waals surface area contributed by atoms with Crippen LogP contribution < -0.4 is 5.73 Å². The number of rotatable bonds is 3. The Bertz CT molecular complexity index is 384. The Labute approximate surface area is 129 Å². The summed E-state index contributed by atoms with van der Waals surface area (Å²) in [6, 6.07) is 2.19. The van der Waals surface area contributed by atoms with Crippen molar-refractivity contribution in [3.8, 4) is 0 Å². The number of hydrogen-bond acceptors (Lipinski definition) is 4. The van der Waals surface area contributed by atoms with Crippen LogP contribution in [-0.4, -0.2) is 65.8 Å². The average molecular weight is 293 g/mol. The molecule has 2 saturated carbocycles. The normalized spacial score (nSPS) is 45.7. The molecular weight excluding hydrogens is 262 g/mol. The fraction of sp³-hybridized carbons (Fsp3) is 1.00. The van der Waals surface area contributed by atoms with Crippen LogP contribution in [0, 0.1) is 0 Å². The lowest BCUT2D eigenvalue weighted by Gasteiger charge is -2.52. The molecule has 2 N–H and O–H groups in total. The van der Waals surface area contributed by atoms with Gasteiger partial charge < -0.3 is 10.5 Å². The minimum atomic E-state index is 0.214. The van der Waals surface area contributed by atoms with Crippen LogP contribution in [0.2, 0.25) is 0 Å². The Balaban J connectivity index is 1.56. The van der Waals surface area contributed by atoms with Crippen LogP contribution in [0.15, 0.2) is 0 Å². The van der Waals surface area contributed by atoms with Crippen molar-refractivity contribution >= 4 is 0 Å². The van der Waals surface area contributed by atoms with Gasteiger partial charge in [-0.3, -0.25) is 9.80 Å². The van der Waals surface area contributed by atoms with Gasteiger partial charge in [-0.2, -0.15) is 0 Å². The van der Waals surface area contributed by atoms with E-state index < -0.39 is 0 Å². The SMILES string of the molecule is CC1CC(CN)(N2CCOC3CCCCC32)CN1C1CC1. The molecule has 4 fully saturated rings. The smallest absolute Gasteiger partial charge is 0.0731 e. The number of likely N-dealkylation sites (tertiary alicyclic amines) is 1. The molecule has 4 atom stereocenters. The molecule has 0 aromatic heterocycles. The van der Waals surface area contributed by atoms with Gasteiger partial charge in [-0.1, -0.05) is 12.8 Å². The third kappa shape index (κ3) is 2.44. The molecule has 4 unspecified atom stereocenters. The molecule has 0 radical (unpaired) electrons. The fourth-order valence-corrected chi connectivity index (χ4v) is 5.28. The van der Waals surface area contributed by atoms with E-state index in [1.54, 1.807) is 0 Å². The summed E-state index contributed by atoms with van der Waals surface area (Å²) in [6.45, 7) is 6.40. The highest BCUT2D eigenvalue weighted by molar-refractivity contribution is 5.09. The van der Waals surface area contributed by atoms with Crippen LogP contribution in [0.4, 0.5) is 0 Å². The van der Waals surface area contributed by atoms with Gasteiger partial charge in [0.15, 0.2) is 0 Å². The molecule has 4 nitrogen and oxygen atoms in total. The highest BCUT2D eigenvalue weighted by atomic mass is 16.5. The molecule has 2 aliphatic carbocycles. The zero-order valence-corrected chi connectivity index (χ0v) is 13.5. The van der Waals surface area contributed by atoms with Gasteiger partial charge in [0, 0.05) is 43.3 Å². The van der Waals surface area contributed by atoms with Crippen molar-refractivity contribution in [2.45, 2.75) is 81.6 Å². The van der Waals surface area contributed by atoms with Gasteiger partial charge in [0.1, 0.15) is 0 Å². The lowest BCUT2D eigenvalue weighted by Crippen LogP contribution is -2.65. The minimum Gasteiger partial charge on any atom is -0.375 e.